The number of hydrogen-bond donors (Lipinski definition) is 1. The van der Waals surface area contributed by atoms with Crippen LogP contribution in [0.4, 0.5) is 4.39 Å². The topological polar surface area (TPSA) is 93.2 Å². The Morgan fingerprint density at radius 3 is 2.68 bits per heavy atom. The van der Waals surface area contributed by atoms with Crippen molar-refractivity contribution in [1.82, 2.24) is 0 Å². The highest BCUT2D eigenvalue weighted by Gasteiger charge is 2.82. The number of carbonyl (C=O) groups excluding carboxylic acids is 3. The van der Waals surface area contributed by atoms with Crippen LogP contribution in [0, 0.1) is 28.6 Å². The van der Waals surface area contributed by atoms with Crippen molar-refractivity contribution in [2.75, 3.05) is 6.61 Å². The lowest BCUT2D eigenvalue weighted by Crippen LogP contribution is -2.63. The molecule has 0 radical (unpaired) electrons. The number of epoxide rings is 1. The molecule has 5 aliphatic rings. The summed E-state index contributed by atoms with van der Waals surface area (Å²) in [6, 6.07) is 0. The highest BCUT2D eigenvalue weighted by Crippen LogP contribution is 2.76. The van der Waals surface area contributed by atoms with Crippen LogP contribution in [-0.4, -0.2) is 52.7 Å². The molecule has 168 valence electrons. The average Bonchev–Trinajstić information content (AvgIpc) is 3.38. The lowest BCUT2D eigenvalue weighted by molar-refractivity contribution is -0.171. The van der Waals surface area contributed by atoms with E-state index in [1.54, 1.807) is 6.08 Å². The van der Waals surface area contributed by atoms with Gasteiger partial charge in [-0.05, 0) is 61.7 Å². The zero-order chi connectivity index (χ0) is 22.6. The number of fused-ring (bicyclic) bond motifs is 3. The first-order valence-electron chi connectivity index (χ1n) is 11.1. The monoisotopic (exact) mass is 432 g/mol. The van der Waals surface area contributed by atoms with Gasteiger partial charge in [0.15, 0.2) is 12.4 Å². The molecule has 4 aliphatic carbocycles. The maximum absolute atomic E-state index is 15.4. The number of alkyl halides is 1. The van der Waals surface area contributed by atoms with Gasteiger partial charge in [0, 0.05) is 17.8 Å². The van der Waals surface area contributed by atoms with Crippen LogP contribution in [0.1, 0.15) is 47.0 Å². The van der Waals surface area contributed by atoms with Crippen molar-refractivity contribution in [2.45, 2.75) is 70.4 Å². The minimum absolute atomic E-state index is 0.129. The molecule has 6 nitrogen and oxygen atoms in total. The predicted octanol–water partition coefficient (Wildman–Crippen LogP) is 2.48. The molecule has 9 atom stereocenters. The van der Waals surface area contributed by atoms with Crippen LogP contribution in [0.15, 0.2) is 23.8 Å². The summed E-state index contributed by atoms with van der Waals surface area (Å²) >= 11 is 0. The fraction of sp³-hybridized carbons (Fsp3) is 0.708. The second-order valence-electron chi connectivity index (χ2n) is 10.6. The van der Waals surface area contributed by atoms with E-state index in [4.69, 9.17) is 9.47 Å². The van der Waals surface area contributed by atoms with Crippen molar-refractivity contribution < 1.29 is 33.4 Å². The van der Waals surface area contributed by atoms with E-state index >= 15 is 4.39 Å². The number of ketones is 2. The Labute approximate surface area is 180 Å². The fourth-order valence-corrected chi connectivity index (χ4v) is 7.85. The van der Waals surface area contributed by atoms with E-state index in [0.29, 0.717) is 18.4 Å². The summed E-state index contributed by atoms with van der Waals surface area (Å²) in [5.41, 5.74) is -3.35. The largest absolute Gasteiger partial charge is 0.458 e. The van der Waals surface area contributed by atoms with Gasteiger partial charge in [-0.25, -0.2) is 4.39 Å². The quantitative estimate of drug-likeness (QED) is 0.544. The van der Waals surface area contributed by atoms with E-state index < -0.39 is 46.6 Å². The van der Waals surface area contributed by atoms with E-state index in [1.807, 2.05) is 20.8 Å². The Morgan fingerprint density at radius 2 is 2.00 bits per heavy atom. The highest BCUT2D eigenvalue weighted by molar-refractivity contribution is 6.01. The molecule has 1 aliphatic heterocycles. The number of aliphatic hydroxyl groups is 1. The Balaban J connectivity index is 1.55. The van der Waals surface area contributed by atoms with Crippen LogP contribution in [0.3, 0.4) is 0 Å². The summed E-state index contributed by atoms with van der Waals surface area (Å²) in [5.74, 6) is -1.96. The lowest BCUT2D eigenvalue weighted by Gasteiger charge is -2.56. The Kier molecular flexibility index (Phi) is 4.16. The van der Waals surface area contributed by atoms with Crippen LogP contribution >= 0.6 is 0 Å². The number of carbonyl (C=O) groups is 3. The third-order valence-corrected chi connectivity index (χ3v) is 9.33. The van der Waals surface area contributed by atoms with Gasteiger partial charge in [-0.2, -0.15) is 0 Å². The molecular weight excluding hydrogens is 403 g/mol. The molecule has 1 heterocycles. The van der Waals surface area contributed by atoms with Gasteiger partial charge in [0.05, 0.1) is 6.10 Å². The van der Waals surface area contributed by atoms with E-state index in [9.17, 15) is 19.5 Å². The molecule has 7 heteroatoms. The fourth-order valence-electron chi connectivity index (χ4n) is 7.85. The molecule has 0 bridgehead atoms. The zero-order valence-corrected chi connectivity index (χ0v) is 18.3. The summed E-state index contributed by atoms with van der Waals surface area (Å²) in [6.07, 6.45) is 4.42. The van der Waals surface area contributed by atoms with Crippen molar-refractivity contribution in [3.8, 4) is 0 Å². The summed E-state index contributed by atoms with van der Waals surface area (Å²) in [6.45, 7) is 6.45. The van der Waals surface area contributed by atoms with Gasteiger partial charge < -0.3 is 14.6 Å². The molecule has 0 aromatic rings. The number of Topliss-reactive ketones (excluding diaryl/α,β-unsaturated/α-hetero) is 1. The summed E-state index contributed by atoms with van der Waals surface area (Å²) < 4.78 is 26.7. The summed E-state index contributed by atoms with van der Waals surface area (Å²) in [4.78, 5) is 36.3. The standard InChI is InChI=1S/C24H29FO6/c1-12-7-15-16-9-18(25)17-8-14(27)5-6-21(17,3)24(16)20(31-24)10-22(15,4)23(12,29)19(28)11-30-13(2)26/h5-6,8,12,15-16,18,20,29H,7,9-11H2,1-4H3/t12?,15-,16-,18?,20?,21-,22-,23-,24-/m0/s1. The molecule has 5 rings (SSSR count). The minimum Gasteiger partial charge on any atom is -0.458 e. The number of halogens is 1. The van der Waals surface area contributed by atoms with E-state index in [2.05, 4.69) is 0 Å². The number of allylic oxidation sites excluding steroid dienone is 2. The van der Waals surface area contributed by atoms with Gasteiger partial charge in [0.2, 0.25) is 5.78 Å². The van der Waals surface area contributed by atoms with Gasteiger partial charge in [-0.3, -0.25) is 14.4 Å². The van der Waals surface area contributed by atoms with Crippen molar-refractivity contribution in [3.05, 3.63) is 23.8 Å². The van der Waals surface area contributed by atoms with Crippen molar-refractivity contribution in [3.63, 3.8) is 0 Å². The molecule has 0 aromatic carbocycles. The molecule has 31 heavy (non-hydrogen) atoms. The molecule has 1 N–H and O–H groups in total. The molecular formula is C24H29FO6. The number of ether oxygens (including phenoxy) is 2. The van der Waals surface area contributed by atoms with Gasteiger partial charge in [-0.15, -0.1) is 0 Å². The highest BCUT2D eigenvalue weighted by atomic mass is 19.1. The summed E-state index contributed by atoms with van der Waals surface area (Å²) in [7, 11) is 0. The van der Waals surface area contributed by atoms with E-state index in [-0.39, 0.29) is 36.1 Å². The van der Waals surface area contributed by atoms with Crippen LogP contribution in [-0.2, 0) is 23.9 Å². The molecule has 1 spiro atoms. The number of esters is 1. The van der Waals surface area contributed by atoms with E-state index in [1.165, 1.54) is 19.1 Å². The maximum Gasteiger partial charge on any atom is 0.303 e. The Hall–Kier alpha value is -1.86. The normalized spacial score (nSPS) is 51.7. The molecule has 0 aromatic heterocycles. The molecule has 1 saturated heterocycles. The number of hydrogen-bond acceptors (Lipinski definition) is 6. The Bertz CT molecular complexity index is 956. The predicted molar refractivity (Wildman–Crippen MR) is 108 cm³/mol. The molecule has 4 fully saturated rings. The molecule has 3 saturated carbocycles. The molecule has 3 unspecified atom stereocenters. The SMILES string of the molecule is CC(=O)OCC(=O)[C@@]1(O)C(C)C[C@H]2[C@@H]3CC(F)C4=CC(=O)C=C[C@]4(C)[C@]34OC4C[C@@]21C. The third-order valence-electron chi connectivity index (χ3n) is 9.33. The van der Waals surface area contributed by atoms with Gasteiger partial charge >= 0.3 is 5.97 Å². The minimum atomic E-state index is -1.67. The van der Waals surface area contributed by atoms with Gasteiger partial charge in [-0.1, -0.05) is 19.9 Å². The first-order valence-corrected chi connectivity index (χ1v) is 11.1. The molecule has 0 amide bonds. The first-order chi connectivity index (χ1) is 14.4. The average molecular weight is 432 g/mol. The van der Waals surface area contributed by atoms with Crippen molar-refractivity contribution in [2.24, 2.45) is 28.6 Å². The van der Waals surface area contributed by atoms with E-state index in [0.717, 1.165) is 0 Å². The Morgan fingerprint density at radius 1 is 1.29 bits per heavy atom. The number of rotatable bonds is 3. The van der Waals surface area contributed by atoms with Crippen molar-refractivity contribution >= 4 is 17.5 Å². The second kappa shape index (κ2) is 6.13. The third kappa shape index (κ3) is 2.31. The second-order valence-corrected chi connectivity index (χ2v) is 10.6. The maximum atomic E-state index is 15.4. The zero-order valence-electron chi connectivity index (χ0n) is 18.3. The smallest absolute Gasteiger partial charge is 0.303 e. The first kappa shape index (κ1) is 21.0. The van der Waals surface area contributed by atoms with Crippen LogP contribution in [0.25, 0.3) is 0 Å². The van der Waals surface area contributed by atoms with Gasteiger partial charge in [0.1, 0.15) is 17.4 Å². The lowest BCUT2D eigenvalue weighted by atomic mass is 9.46. The van der Waals surface area contributed by atoms with Crippen molar-refractivity contribution in [1.29, 1.82) is 0 Å². The van der Waals surface area contributed by atoms with Crippen LogP contribution < -0.4 is 0 Å². The van der Waals surface area contributed by atoms with Gasteiger partial charge in [0.25, 0.3) is 0 Å². The van der Waals surface area contributed by atoms with Crippen LogP contribution in [0.2, 0.25) is 0 Å². The van der Waals surface area contributed by atoms with Crippen LogP contribution in [0.5, 0.6) is 0 Å². The summed E-state index contributed by atoms with van der Waals surface area (Å²) in [5, 5.41) is 11.8.